The number of carbonyl (C=O) groups excluding carboxylic acids is 2. The molecule has 2 fully saturated rings. The molecule has 8 nitrogen and oxygen atoms in total. The molecule has 0 aromatic heterocycles. The van der Waals surface area contributed by atoms with Gasteiger partial charge in [-0.1, -0.05) is 12.1 Å². The number of amides is 2. The van der Waals surface area contributed by atoms with E-state index in [1.165, 1.54) is 0 Å². The highest BCUT2D eigenvalue weighted by molar-refractivity contribution is 5.80. The highest BCUT2D eigenvalue weighted by atomic mass is 16.5. The maximum atomic E-state index is 12.4. The van der Waals surface area contributed by atoms with Crippen LogP contribution in [0.5, 0.6) is 11.5 Å². The van der Waals surface area contributed by atoms with Gasteiger partial charge in [0.2, 0.25) is 5.91 Å². The number of rotatable bonds is 6. The monoisotopic (exact) mass is 377 g/mol. The van der Waals surface area contributed by atoms with Crippen molar-refractivity contribution >= 4 is 11.8 Å². The molecule has 0 unspecified atom stereocenters. The minimum absolute atomic E-state index is 0.0396. The van der Waals surface area contributed by atoms with Crippen molar-refractivity contribution in [3.05, 3.63) is 24.3 Å². The molecule has 0 bridgehead atoms. The molecule has 2 aliphatic rings. The summed E-state index contributed by atoms with van der Waals surface area (Å²) < 4.78 is 16.1. The van der Waals surface area contributed by atoms with E-state index in [4.69, 9.17) is 14.2 Å². The topological polar surface area (TPSA) is 71.6 Å². The highest BCUT2D eigenvalue weighted by Crippen LogP contribution is 2.25. The number of piperazine rings is 1. The van der Waals surface area contributed by atoms with Crippen molar-refractivity contribution in [2.75, 3.05) is 72.7 Å². The van der Waals surface area contributed by atoms with Crippen LogP contribution in [-0.4, -0.2) is 99.3 Å². The van der Waals surface area contributed by atoms with Gasteiger partial charge in [0, 0.05) is 39.3 Å². The zero-order valence-corrected chi connectivity index (χ0v) is 15.8. The third-order valence-corrected chi connectivity index (χ3v) is 4.87. The largest absolute Gasteiger partial charge is 0.493 e. The average Bonchev–Trinajstić information content (AvgIpc) is 2.73. The molecule has 0 radical (unpaired) electrons. The Hall–Kier alpha value is -2.32. The van der Waals surface area contributed by atoms with Gasteiger partial charge in [-0.15, -0.1) is 0 Å². The number of morpholine rings is 1. The first kappa shape index (κ1) is 19.4. The Labute approximate surface area is 159 Å². The smallest absolute Gasteiger partial charge is 0.260 e. The van der Waals surface area contributed by atoms with Gasteiger partial charge in [0.15, 0.2) is 18.1 Å². The summed E-state index contributed by atoms with van der Waals surface area (Å²) in [5.74, 6) is 1.19. The van der Waals surface area contributed by atoms with E-state index in [9.17, 15) is 9.59 Å². The fraction of sp³-hybridized carbons (Fsp3) is 0.579. The van der Waals surface area contributed by atoms with Crippen molar-refractivity contribution in [1.82, 2.24) is 14.7 Å². The summed E-state index contributed by atoms with van der Waals surface area (Å²) in [5.41, 5.74) is 0. The summed E-state index contributed by atoms with van der Waals surface area (Å²) in [7, 11) is 1.57. The Morgan fingerprint density at radius 1 is 0.926 bits per heavy atom. The third-order valence-electron chi connectivity index (χ3n) is 4.87. The molecule has 1 aromatic rings. The van der Waals surface area contributed by atoms with Crippen molar-refractivity contribution in [3.63, 3.8) is 0 Å². The molecule has 8 heteroatoms. The average molecular weight is 377 g/mol. The lowest BCUT2D eigenvalue weighted by Gasteiger charge is -2.36. The van der Waals surface area contributed by atoms with Gasteiger partial charge in [-0.2, -0.15) is 0 Å². The molecule has 2 aliphatic heterocycles. The van der Waals surface area contributed by atoms with Crippen molar-refractivity contribution in [3.8, 4) is 11.5 Å². The molecule has 2 saturated heterocycles. The molecule has 148 valence electrons. The van der Waals surface area contributed by atoms with E-state index in [0.29, 0.717) is 57.4 Å². The van der Waals surface area contributed by atoms with Crippen LogP contribution in [-0.2, 0) is 14.3 Å². The van der Waals surface area contributed by atoms with Gasteiger partial charge in [-0.25, -0.2) is 0 Å². The lowest BCUT2D eigenvalue weighted by atomic mass is 10.3. The lowest BCUT2D eigenvalue weighted by Crippen LogP contribution is -2.54. The van der Waals surface area contributed by atoms with E-state index >= 15 is 0 Å². The maximum Gasteiger partial charge on any atom is 0.260 e. The Morgan fingerprint density at radius 3 is 2.15 bits per heavy atom. The molecule has 1 aromatic carbocycles. The Bertz CT molecular complexity index is 640. The van der Waals surface area contributed by atoms with E-state index in [2.05, 4.69) is 4.90 Å². The third kappa shape index (κ3) is 5.33. The van der Waals surface area contributed by atoms with E-state index < -0.39 is 0 Å². The van der Waals surface area contributed by atoms with Gasteiger partial charge in [0.05, 0.1) is 26.9 Å². The van der Waals surface area contributed by atoms with E-state index in [0.717, 1.165) is 13.1 Å². The number of hydrogen-bond donors (Lipinski definition) is 0. The quantitative estimate of drug-likeness (QED) is 0.699. The van der Waals surface area contributed by atoms with E-state index in [-0.39, 0.29) is 18.4 Å². The van der Waals surface area contributed by atoms with Gasteiger partial charge >= 0.3 is 0 Å². The number of para-hydroxylation sites is 2. The summed E-state index contributed by atoms with van der Waals surface area (Å²) >= 11 is 0. The molecule has 0 N–H and O–H groups in total. The van der Waals surface area contributed by atoms with E-state index in [1.54, 1.807) is 24.1 Å². The fourth-order valence-electron chi connectivity index (χ4n) is 3.22. The second kappa shape index (κ2) is 9.57. The predicted octanol–water partition coefficient (Wildman–Crippen LogP) is 0.0770. The normalized spacial score (nSPS) is 18.3. The second-order valence-electron chi connectivity index (χ2n) is 6.59. The van der Waals surface area contributed by atoms with Crippen LogP contribution in [0.2, 0.25) is 0 Å². The molecular formula is C19H27N3O5. The van der Waals surface area contributed by atoms with E-state index in [1.807, 2.05) is 17.0 Å². The molecule has 0 aliphatic carbocycles. The molecule has 0 spiro atoms. The van der Waals surface area contributed by atoms with Gasteiger partial charge in [-0.3, -0.25) is 14.5 Å². The van der Waals surface area contributed by atoms with Crippen molar-refractivity contribution < 1.29 is 23.8 Å². The first-order valence-corrected chi connectivity index (χ1v) is 9.29. The first-order valence-electron chi connectivity index (χ1n) is 9.29. The number of carbonyl (C=O) groups is 2. The van der Waals surface area contributed by atoms with Crippen LogP contribution in [0.4, 0.5) is 0 Å². The Kier molecular flexibility index (Phi) is 6.89. The standard InChI is InChI=1S/C19H27N3O5/c1-25-16-4-2-3-5-17(16)27-15-19(24)22-8-6-21(7-9-22)18(23)14-20-10-12-26-13-11-20/h2-5H,6-15H2,1H3. The van der Waals surface area contributed by atoms with Crippen LogP contribution < -0.4 is 9.47 Å². The van der Waals surface area contributed by atoms with Crippen LogP contribution in [0.25, 0.3) is 0 Å². The summed E-state index contributed by atoms with van der Waals surface area (Å²) in [6, 6.07) is 7.24. The van der Waals surface area contributed by atoms with Crippen molar-refractivity contribution in [2.45, 2.75) is 0 Å². The highest BCUT2D eigenvalue weighted by Gasteiger charge is 2.26. The predicted molar refractivity (Wildman–Crippen MR) is 98.9 cm³/mol. The number of ether oxygens (including phenoxy) is 3. The number of hydrogen-bond acceptors (Lipinski definition) is 6. The summed E-state index contributed by atoms with van der Waals surface area (Å²) in [5, 5.41) is 0. The molecule has 3 rings (SSSR count). The van der Waals surface area contributed by atoms with Gasteiger partial charge < -0.3 is 24.0 Å². The Morgan fingerprint density at radius 2 is 1.52 bits per heavy atom. The molecule has 0 atom stereocenters. The number of benzene rings is 1. The fourth-order valence-corrected chi connectivity index (χ4v) is 3.22. The van der Waals surface area contributed by atoms with Crippen LogP contribution in [0.1, 0.15) is 0 Å². The van der Waals surface area contributed by atoms with Gasteiger partial charge in [-0.05, 0) is 12.1 Å². The summed E-state index contributed by atoms with van der Waals surface area (Å²) in [6.45, 7) is 5.52. The van der Waals surface area contributed by atoms with Crippen molar-refractivity contribution in [1.29, 1.82) is 0 Å². The molecular weight excluding hydrogens is 350 g/mol. The van der Waals surface area contributed by atoms with Crippen LogP contribution in [0, 0.1) is 0 Å². The van der Waals surface area contributed by atoms with Crippen LogP contribution in [0.15, 0.2) is 24.3 Å². The molecule has 2 heterocycles. The first-order chi connectivity index (χ1) is 13.2. The second-order valence-corrected chi connectivity index (χ2v) is 6.59. The van der Waals surface area contributed by atoms with Crippen LogP contribution >= 0.6 is 0 Å². The maximum absolute atomic E-state index is 12.4. The molecule has 0 saturated carbocycles. The number of methoxy groups -OCH3 is 1. The van der Waals surface area contributed by atoms with Gasteiger partial charge in [0.1, 0.15) is 0 Å². The zero-order valence-electron chi connectivity index (χ0n) is 15.8. The lowest BCUT2D eigenvalue weighted by molar-refractivity contribution is -0.141. The number of nitrogens with zero attached hydrogens (tertiary/aromatic N) is 3. The Balaban J connectivity index is 1.41. The van der Waals surface area contributed by atoms with Gasteiger partial charge in [0.25, 0.3) is 5.91 Å². The SMILES string of the molecule is COc1ccccc1OCC(=O)N1CCN(C(=O)CN2CCOCC2)CC1. The minimum Gasteiger partial charge on any atom is -0.493 e. The molecule has 27 heavy (non-hydrogen) atoms. The van der Waals surface area contributed by atoms with Crippen LogP contribution in [0.3, 0.4) is 0 Å². The molecule has 2 amide bonds. The summed E-state index contributed by atoms with van der Waals surface area (Å²) in [6.07, 6.45) is 0. The zero-order chi connectivity index (χ0) is 19.1. The summed E-state index contributed by atoms with van der Waals surface area (Å²) in [4.78, 5) is 30.5. The minimum atomic E-state index is -0.0822. The van der Waals surface area contributed by atoms with Crippen molar-refractivity contribution in [2.24, 2.45) is 0 Å².